The van der Waals surface area contributed by atoms with Gasteiger partial charge in [-0.2, -0.15) is 0 Å². The number of aliphatic carboxylic acids is 1. The summed E-state index contributed by atoms with van der Waals surface area (Å²) in [5.41, 5.74) is 1.64. The number of carboxylic acids is 1. The van der Waals surface area contributed by atoms with E-state index in [1.165, 1.54) is 0 Å². The zero-order valence-corrected chi connectivity index (χ0v) is 15.5. The van der Waals surface area contributed by atoms with E-state index in [1.54, 1.807) is 31.4 Å². The molecule has 0 saturated carbocycles. The van der Waals surface area contributed by atoms with Crippen LogP contribution in [0.1, 0.15) is 42.9 Å². The smallest absolute Gasteiger partial charge is 0.305 e. The molecular formula is C20H22ClNO4. The molecule has 138 valence electrons. The first-order valence-electron chi connectivity index (χ1n) is 8.30. The standard InChI is InChI=1S/C20H22ClNO4/c1-13(16-5-3-4-6-18(16)26-2)11-19(23)22-17(12-20(24)25)14-7-9-15(21)10-8-14/h3-10,13,17H,11-12H2,1-2H3,(H,22,23)(H,24,25)/t13?,17-/m0/s1. The number of carbonyl (C=O) groups is 2. The summed E-state index contributed by atoms with van der Waals surface area (Å²) in [6, 6.07) is 13.7. The molecule has 1 unspecified atom stereocenters. The second-order valence-corrected chi connectivity index (χ2v) is 6.55. The number of halogens is 1. The van der Waals surface area contributed by atoms with Crippen LogP contribution in [0.2, 0.25) is 5.02 Å². The maximum atomic E-state index is 12.5. The van der Waals surface area contributed by atoms with Crippen molar-refractivity contribution in [3.8, 4) is 5.75 Å². The number of carboxylic acid groups (broad SMARTS) is 1. The van der Waals surface area contributed by atoms with Crippen molar-refractivity contribution >= 4 is 23.5 Å². The second-order valence-electron chi connectivity index (χ2n) is 6.12. The first-order chi connectivity index (χ1) is 12.4. The fourth-order valence-corrected chi connectivity index (χ4v) is 2.96. The lowest BCUT2D eigenvalue weighted by atomic mass is 9.95. The van der Waals surface area contributed by atoms with E-state index in [0.717, 1.165) is 11.3 Å². The van der Waals surface area contributed by atoms with E-state index in [9.17, 15) is 9.59 Å². The quantitative estimate of drug-likeness (QED) is 0.725. The molecule has 0 bridgehead atoms. The van der Waals surface area contributed by atoms with Crippen LogP contribution in [0.4, 0.5) is 0 Å². The Bertz CT molecular complexity index is 761. The largest absolute Gasteiger partial charge is 0.496 e. The van der Waals surface area contributed by atoms with Gasteiger partial charge in [-0.05, 0) is 35.2 Å². The van der Waals surface area contributed by atoms with Gasteiger partial charge in [-0.3, -0.25) is 9.59 Å². The monoisotopic (exact) mass is 375 g/mol. The summed E-state index contributed by atoms with van der Waals surface area (Å²) in [6.45, 7) is 1.94. The first-order valence-corrected chi connectivity index (χ1v) is 8.68. The lowest BCUT2D eigenvalue weighted by Gasteiger charge is -2.20. The Morgan fingerprint density at radius 2 is 1.77 bits per heavy atom. The van der Waals surface area contributed by atoms with Crippen molar-refractivity contribution in [1.29, 1.82) is 0 Å². The van der Waals surface area contributed by atoms with Crippen molar-refractivity contribution < 1.29 is 19.4 Å². The highest BCUT2D eigenvalue weighted by atomic mass is 35.5. The van der Waals surface area contributed by atoms with Crippen molar-refractivity contribution in [1.82, 2.24) is 5.32 Å². The SMILES string of the molecule is COc1ccccc1C(C)CC(=O)N[C@@H](CC(=O)O)c1ccc(Cl)cc1. The zero-order valence-electron chi connectivity index (χ0n) is 14.7. The Balaban J connectivity index is 2.09. The normalized spacial score (nSPS) is 12.9. The lowest BCUT2D eigenvalue weighted by Crippen LogP contribution is -2.31. The number of benzene rings is 2. The Morgan fingerprint density at radius 3 is 2.38 bits per heavy atom. The number of ether oxygens (including phenoxy) is 1. The van der Waals surface area contributed by atoms with Gasteiger partial charge in [-0.25, -0.2) is 0 Å². The molecule has 2 atom stereocenters. The summed E-state index contributed by atoms with van der Waals surface area (Å²) in [6.07, 6.45) is 0.0283. The fraction of sp³-hybridized carbons (Fsp3) is 0.300. The van der Waals surface area contributed by atoms with Gasteiger partial charge in [0.2, 0.25) is 5.91 Å². The summed E-state index contributed by atoms with van der Waals surface area (Å²) in [7, 11) is 1.59. The number of methoxy groups -OCH3 is 1. The molecule has 0 aliphatic heterocycles. The van der Waals surface area contributed by atoms with E-state index in [0.29, 0.717) is 10.6 Å². The van der Waals surface area contributed by atoms with Gasteiger partial charge >= 0.3 is 5.97 Å². The third-order valence-corrected chi connectivity index (χ3v) is 4.40. The molecule has 0 spiro atoms. The molecule has 2 aromatic carbocycles. The van der Waals surface area contributed by atoms with Crippen LogP contribution >= 0.6 is 11.6 Å². The number of amides is 1. The van der Waals surface area contributed by atoms with Gasteiger partial charge in [-0.1, -0.05) is 48.9 Å². The lowest BCUT2D eigenvalue weighted by molar-refractivity contribution is -0.137. The average Bonchev–Trinajstić information content (AvgIpc) is 2.61. The van der Waals surface area contributed by atoms with E-state index < -0.39 is 12.0 Å². The molecule has 0 aromatic heterocycles. The Morgan fingerprint density at radius 1 is 1.12 bits per heavy atom. The number of nitrogens with one attached hydrogen (secondary N) is 1. The molecule has 2 rings (SSSR count). The molecule has 6 heteroatoms. The fourth-order valence-electron chi connectivity index (χ4n) is 2.84. The van der Waals surface area contributed by atoms with E-state index in [-0.39, 0.29) is 24.7 Å². The van der Waals surface area contributed by atoms with Crippen molar-refractivity contribution in [2.24, 2.45) is 0 Å². The minimum absolute atomic E-state index is 0.0677. The molecule has 5 nitrogen and oxygen atoms in total. The molecule has 0 fully saturated rings. The van der Waals surface area contributed by atoms with E-state index >= 15 is 0 Å². The molecule has 2 N–H and O–H groups in total. The van der Waals surface area contributed by atoms with Crippen LogP contribution in [0.5, 0.6) is 5.75 Å². The maximum absolute atomic E-state index is 12.5. The Kier molecular flexibility index (Phi) is 7.04. The van der Waals surface area contributed by atoms with Crippen molar-refractivity contribution in [2.75, 3.05) is 7.11 Å². The predicted molar refractivity (Wildman–Crippen MR) is 101 cm³/mol. The molecule has 0 saturated heterocycles. The third kappa shape index (κ3) is 5.49. The van der Waals surface area contributed by atoms with Gasteiger partial charge in [0, 0.05) is 11.4 Å². The first kappa shape index (κ1) is 19.8. The average molecular weight is 376 g/mol. The Hall–Kier alpha value is -2.53. The van der Waals surface area contributed by atoms with Crippen molar-refractivity contribution in [3.05, 3.63) is 64.7 Å². The zero-order chi connectivity index (χ0) is 19.1. The van der Waals surface area contributed by atoms with Crippen molar-refractivity contribution in [2.45, 2.75) is 31.7 Å². The highest BCUT2D eigenvalue weighted by molar-refractivity contribution is 6.30. The molecule has 0 heterocycles. The number of hydrogen-bond donors (Lipinski definition) is 2. The summed E-state index contributed by atoms with van der Waals surface area (Å²) in [5, 5.41) is 12.5. The van der Waals surface area contributed by atoms with Gasteiger partial charge < -0.3 is 15.2 Å². The van der Waals surface area contributed by atoms with Crippen LogP contribution in [-0.2, 0) is 9.59 Å². The highest BCUT2D eigenvalue weighted by Gasteiger charge is 2.21. The summed E-state index contributed by atoms with van der Waals surface area (Å²) >= 11 is 5.88. The topological polar surface area (TPSA) is 75.6 Å². The molecule has 1 amide bonds. The van der Waals surface area contributed by atoms with Gasteiger partial charge in [0.05, 0.1) is 19.6 Å². The number of rotatable bonds is 8. The number of carbonyl (C=O) groups excluding carboxylic acids is 1. The maximum Gasteiger partial charge on any atom is 0.305 e. The third-order valence-electron chi connectivity index (χ3n) is 4.15. The minimum Gasteiger partial charge on any atom is -0.496 e. The van der Waals surface area contributed by atoms with Crippen LogP contribution in [0.15, 0.2) is 48.5 Å². The Labute approximate surface area is 157 Å². The summed E-state index contributed by atoms with van der Waals surface area (Å²) in [5.74, 6) is -0.540. The van der Waals surface area contributed by atoms with Crippen LogP contribution in [0.25, 0.3) is 0 Å². The number of para-hydroxylation sites is 1. The van der Waals surface area contributed by atoms with Gasteiger partial charge in [0.15, 0.2) is 0 Å². The summed E-state index contributed by atoms with van der Waals surface area (Å²) in [4.78, 5) is 23.7. The van der Waals surface area contributed by atoms with Crippen molar-refractivity contribution in [3.63, 3.8) is 0 Å². The van der Waals surface area contributed by atoms with Gasteiger partial charge in [-0.15, -0.1) is 0 Å². The molecule has 0 radical (unpaired) electrons. The highest BCUT2D eigenvalue weighted by Crippen LogP contribution is 2.29. The van der Waals surface area contributed by atoms with E-state index in [2.05, 4.69) is 5.32 Å². The molecule has 2 aromatic rings. The van der Waals surface area contributed by atoms with Crippen LogP contribution in [-0.4, -0.2) is 24.1 Å². The predicted octanol–water partition coefficient (Wildman–Crippen LogP) is 4.17. The van der Waals surface area contributed by atoms with Crippen LogP contribution in [0.3, 0.4) is 0 Å². The molecular weight excluding hydrogens is 354 g/mol. The van der Waals surface area contributed by atoms with E-state index in [1.807, 2.05) is 31.2 Å². The molecule has 26 heavy (non-hydrogen) atoms. The summed E-state index contributed by atoms with van der Waals surface area (Å²) < 4.78 is 5.34. The van der Waals surface area contributed by atoms with Crippen LogP contribution in [0, 0.1) is 0 Å². The van der Waals surface area contributed by atoms with Crippen LogP contribution < -0.4 is 10.1 Å². The van der Waals surface area contributed by atoms with E-state index in [4.69, 9.17) is 21.4 Å². The van der Waals surface area contributed by atoms with Gasteiger partial charge in [0.25, 0.3) is 0 Å². The molecule has 0 aliphatic rings. The molecule has 0 aliphatic carbocycles. The second kappa shape index (κ2) is 9.25. The van der Waals surface area contributed by atoms with Gasteiger partial charge in [0.1, 0.15) is 5.75 Å². The number of hydrogen-bond acceptors (Lipinski definition) is 3. The minimum atomic E-state index is -0.983.